The largest absolute Gasteiger partial charge is 0.496 e. The van der Waals surface area contributed by atoms with Gasteiger partial charge >= 0.3 is 0 Å². The van der Waals surface area contributed by atoms with Crippen molar-refractivity contribution in [1.82, 2.24) is 0 Å². The Hall–Kier alpha value is -1.22. The van der Waals surface area contributed by atoms with Crippen LogP contribution in [0.15, 0.2) is 12.1 Å². The third kappa shape index (κ3) is 1.87. The number of ether oxygens (including phenoxy) is 2. The lowest BCUT2D eigenvalue weighted by Gasteiger charge is -2.14. The molecular formula is C13H18O3. The van der Waals surface area contributed by atoms with Crippen LogP contribution in [0.2, 0.25) is 0 Å². The Kier molecular flexibility index (Phi) is 3.06. The van der Waals surface area contributed by atoms with Crippen LogP contribution in [-0.4, -0.2) is 18.3 Å². The average Bonchev–Trinajstić information content (AvgIpc) is 2.65. The summed E-state index contributed by atoms with van der Waals surface area (Å²) in [5, 5.41) is 9.90. The first-order valence-corrected chi connectivity index (χ1v) is 5.71. The SMILES string of the molecule is CCC(O)c1cc2c(cc1OC)CC(C)O2. The van der Waals surface area contributed by atoms with Gasteiger partial charge in [0.1, 0.15) is 17.6 Å². The maximum atomic E-state index is 9.90. The zero-order chi connectivity index (χ0) is 11.7. The van der Waals surface area contributed by atoms with Gasteiger partial charge in [-0.15, -0.1) is 0 Å². The molecule has 1 aliphatic rings. The fourth-order valence-corrected chi connectivity index (χ4v) is 2.11. The van der Waals surface area contributed by atoms with Crippen LogP contribution in [0, 0.1) is 0 Å². The molecule has 0 saturated carbocycles. The molecule has 2 atom stereocenters. The number of fused-ring (bicyclic) bond motifs is 1. The van der Waals surface area contributed by atoms with E-state index < -0.39 is 6.10 Å². The van der Waals surface area contributed by atoms with Gasteiger partial charge in [-0.3, -0.25) is 0 Å². The lowest BCUT2D eigenvalue weighted by atomic mass is 10.0. The Morgan fingerprint density at radius 3 is 2.94 bits per heavy atom. The molecule has 1 aromatic carbocycles. The van der Waals surface area contributed by atoms with Crippen molar-refractivity contribution in [3.05, 3.63) is 23.3 Å². The van der Waals surface area contributed by atoms with Gasteiger partial charge in [-0.25, -0.2) is 0 Å². The van der Waals surface area contributed by atoms with Crippen LogP contribution in [0.3, 0.4) is 0 Å². The van der Waals surface area contributed by atoms with Crippen molar-refractivity contribution in [2.24, 2.45) is 0 Å². The first-order valence-electron chi connectivity index (χ1n) is 5.71. The highest BCUT2D eigenvalue weighted by Crippen LogP contribution is 2.38. The molecule has 3 heteroatoms. The van der Waals surface area contributed by atoms with Crippen molar-refractivity contribution in [3.63, 3.8) is 0 Å². The third-order valence-corrected chi connectivity index (χ3v) is 2.99. The first-order chi connectivity index (χ1) is 7.65. The number of rotatable bonds is 3. The van der Waals surface area contributed by atoms with Gasteiger partial charge in [0.2, 0.25) is 0 Å². The van der Waals surface area contributed by atoms with Crippen LogP contribution >= 0.6 is 0 Å². The van der Waals surface area contributed by atoms with E-state index in [1.54, 1.807) is 7.11 Å². The Bertz CT molecular complexity index is 387. The van der Waals surface area contributed by atoms with Gasteiger partial charge in [-0.05, 0) is 25.5 Å². The lowest BCUT2D eigenvalue weighted by Crippen LogP contribution is -2.05. The van der Waals surface area contributed by atoms with Crippen molar-refractivity contribution < 1.29 is 14.6 Å². The second-order valence-electron chi connectivity index (χ2n) is 4.26. The molecular weight excluding hydrogens is 204 g/mol. The summed E-state index contributed by atoms with van der Waals surface area (Å²) < 4.78 is 11.0. The summed E-state index contributed by atoms with van der Waals surface area (Å²) in [6.45, 7) is 3.99. The third-order valence-electron chi connectivity index (χ3n) is 2.99. The molecule has 0 aliphatic carbocycles. The molecule has 1 aliphatic heterocycles. The summed E-state index contributed by atoms with van der Waals surface area (Å²) in [5.41, 5.74) is 1.98. The Morgan fingerprint density at radius 2 is 2.31 bits per heavy atom. The lowest BCUT2D eigenvalue weighted by molar-refractivity contribution is 0.168. The van der Waals surface area contributed by atoms with Crippen molar-refractivity contribution in [1.29, 1.82) is 0 Å². The predicted octanol–water partition coefficient (Wildman–Crippen LogP) is 2.46. The van der Waals surface area contributed by atoms with Gasteiger partial charge in [0.15, 0.2) is 0 Å². The van der Waals surface area contributed by atoms with E-state index in [9.17, 15) is 5.11 Å². The minimum atomic E-state index is -0.486. The van der Waals surface area contributed by atoms with Gasteiger partial charge < -0.3 is 14.6 Å². The second-order valence-corrected chi connectivity index (χ2v) is 4.26. The van der Waals surface area contributed by atoms with Gasteiger partial charge in [0, 0.05) is 17.5 Å². The number of hydrogen-bond donors (Lipinski definition) is 1. The van der Waals surface area contributed by atoms with Gasteiger partial charge in [0.05, 0.1) is 13.2 Å². The molecule has 0 radical (unpaired) electrons. The highest BCUT2D eigenvalue weighted by atomic mass is 16.5. The normalized spacial score (nSPS) is 20.1. The summed E-state index contributed by atoms with van der Waals surface area (Å²) in [7, 11) is 1.63. The van der Waals surface area contributed by atoms with Crippen molar-refractivity contribution in [2.45, 2.75) is 38.9 Å². The highest BCUT2D eigenvalue weighted by molar-refractivity contribution is 5.49. The number of aliphatic hydroxyl groups excluding tert-OH is 1. The Morgan fingerprint density at radius 1 is 1.56 bits per heavy atom. The molecule has 2 rings (SSSR count). The van der Waals surface area contributed by atoms with Gasteiger partial charge in [0.25, 0.3) is 0 Å². The molecule has 1 heterocycles. The van der Waals surface area contributed by atoms with Crippen LogP contribution < -0.4 is 9.47 Å². The van der Waals surface area contributed by atoms with Crippen LogP contribution in [0.5, 0.6) is 11.5 Å². The smallest absolute Gasteiger partial charge is 0.125 e. The molecule has 1 aromatic rings. The van der Waals surface area contributed by atoms with Crippen molar-refractivity contribution in [2.75, 3.05) is 7.11 Å². The van der Waals surface area contributed by atoms with E-state index in [0.717, 1.165) is 29.0 Å². The Labute approximate surface area is 96.0 Å². The minimum Gasteiger partial charge on any atom is -0.496 e. The fraction of sp³-hybridized carbons (Fsp3) is 0.538. The summed E-state index contributed by atoms with van der Waals surface area (Å²) in [5.74, 6) is 1.64. The standard InChI is InChI=1S/C13H18O3/c1-4-11(14)10-7-12-9(5-8(2)16-12)6-13(10)15-3/h6-8,11,14H,4-5H2,1-3H3. The zero-order valence-electron chi connectivity index (χ0n) is 9.99. The fourth-order valence-electron chi connectivity index (χ4n) is 2.11. The molecule has 0 amide bonds. The minimum absolute atomic E-state index is 0.216. The molecule has 16 heavy (non-hydrogen) atoms. The summed E-state index contributed by atoms with van der Waals surface area (Å²) in [4.78, 5) is 0. The molecule has 2 unspecified atom stereocenters. The molecule has 0 spiro atoms. The quantitative estimate of drug-likeness (QED) is 0.853. The van der Waals surface area contributed by atoms with E-state index in [-0.39, 0.29) is 6.10 Å². The van der Waals surface area contributed by atoms with Crippen LogP contribution in [0.4, 0.5) is 0 Å². The van der Waals surface area contributed by atoms with Gasteiger partial charge in [-0.1, -0.05) is 6.92 Å². The number of methoxy groups -OCH3 is 1. The van der Waals surface area contributed by atoms with E-state index in [1.165, 1.54) is 0 Å². The maximum absolute atomic E-state index is 9.90. The number of hydrogen-bond acceptors (Lipinski definition) is 3. The Balaban J connectivity index is 2.42. The summed E-state index contributed by atoms with van der Waals surface area (Å²) in [6.07, 6.45) is 1.31. The van der Waals surface area contributed by atoms with Gasteiger partial charge in [-0.2, -0.15) is 0 Å². The van der Waals surface area contributed by atoms with Crippen LogP contribution in [-0.2, 0) is 6.42 Å². The van der Waals surface area contributed by atoms with E-state index in [0.29, 0.717) is 6.42 Å². The van der Waals surface area contributed by atoms with Crippen LogP contribution in [0.1, 0.15) is 37.5 Å². The molecule has 0 saturated heterocycles. The first kappa shape index (κ1) is 11.3. The highest BCUT2D eigenvalue weighted by Gasteiger charge is 2.23. The van der Waals surface area contributed by atoms with E-state index in [2.05, 4.69) is 0 Å². The molecule has 0 fully saturated rings. The van der Waals surface area contributed by atoms with Crippen molar-refractivity contribution in [3.8, 4) is 11.5 Å². The second kappa shape index (κ2) is 4.34. The number of benzene rings is 1. The molecule has 88 valence electrons. The summed E-state index contributed by atoms with van der Waals surface area (Å²) >= 11 is 0. The summed E-state index contributed by atoms with van der Waals surface area (Å²) in [6, 6.07) is 3.89. The molecule has 0 aromatic heterocycles. The molecule has 3 nitrogen and oxygen atoms in total. The number of aliphatic hydroxyl groups is 1. The van der Waals surface area contributed by atoms with E-state index in [4.69, 9.17) is 9.47 Å². The van der Waals surface area contributed by atoms with E-state index >= 15 is 0 Å². The average molecular weight is 222 g/mol. The van der Waals surface area contributed by atoms with Crippen LogP contribution in [0.25, 0.3) is 0 Å². The molecule has 1 N–H and O–H groups in total. The zero-order valence-corrected chi connectivity index (χ0v) is 9.99. The topological polar surface area (TPSA) is 38.7 Å². The van der Waals surface area contributed by atoms with Crippen molar-refractivity contribution >= 4 is 0 Å². The monoisotopic (exact) mass is 222 g/mol. The molecule has 0 bridgehead atoms. The van der Waals surface area contributed by atoms with E-state index in [1.807, 2.05) is 26.0 Å². The maximum Gasteiger partial charge on any atom is 0.125 e. The predicted molar refractivity (Wildman–Crippen MR) is 62.0 cm³/mol.